The van der Waals surface area contributed by atoms with Gasteiger partial charge in [0.25, 0.3) is 5.91 Å². The quantitative estimate of drug-likeness (QED) is 0.385. The molecule has 0 fully saturated rings. The number of rotatable bonds is 4. The van der Waals surface area contributed by atoms with Crippen molar-refractivity contribution in [2.24, 2.45) is 5.84 Å². The molecule has 0 atom stereocenters. The zero-order valence-corrected chi connectivity index (χ0v) is 12.8. The number of hydrogen-bond donors (Lipinski definition) is 2. The Kier molecular flexibility index (Phi) is 5.13. The first-order valence-electron chi connectivity index (χ1n) is 5.28. The molecular weight excluding hydrogens is 323 g/mol. The Morgan fingerprint density at radius 2 is 1.95 bits per heavy atom. The van der Waals surface area contributed by atoms with Crippen molar-refractivity contribution in [1.82, 2.24) is 5.43 Å². The number of carbonyl (C=O) groups is 1. The normalized spacial score (nSPS) is 10.5. The minimum Gasteiger partial charge on any atom is -0.289 e. The van der Waals surface area contributed by atoms with Gasteiger partial charge in [0, 0.05) is 15.5 Å². The van der Waals surface area contributed by atoms with E-state index in [-0.39, 0.29) is 5.91 Å². The molecule has 0 saturated carbocycles. The molecule has 3 nitrogen and oxygen atoms in total. The van der Waals surface area contributed by atoms with E-state index in [1.54, 1.807) is 30.0 Å². The molecule has 100 valence electrons. The predicted molar refractivity (Wildman–Crippen MR) is 82.0 cm³/mol. The van der Waals surface area contributed by atoms with Crippen LogP contribution >= 0.6 is 46.3 Å². The summed E-state index contributed by atoms with van der Waals surface area (Å²) in [5, 5.41) is 1.27. The molecule has 7 heteroatoms. The lowest BCUT2D eigenvalue weighted by Crippen LogP contribution is -2.29. The Morgan fingerprint density at radius 3 is 2.58 bits per heavy atom. The zero-order valence-electron chi connectivity index (χ0n) is 9.65. The van der Waals surface area contributed by atoms with Gasteiger partial charge in [0.2, 0.25) is 0 Å². The summed E-state index contributed by atoms with van der Waals surface area (Å²) in [6.45, 7) is 0. The van der Waals surface area contributed by atoms with Crippen molar-refractivity contribution in [2.45, 2.75) is 10.6 Å². The van der Waals surface area contributed by atoms with E-state index in [4.69, 9.17) is 29.0 Å². The molecule has 1 aromatic heterocycles. The fourth-order valence-corrected chi connectivity index (χ4v) is 4.05. The van der Waals surface area contributed by atoms with Crippen LogP contribution < -0.4 is 11.3 Å². The molecule has 2 aromatic rings. The van der Waals surface area contributed by atoms with Gasteiger partial charge in [-0.1, -0.05) is 29.3 Å². The van der Waals surface area contributed by atoms with Crippen LogP contribution in [0.2, 0.25) is 10.0 Å². The number of nitrogens with two attached hydrogens (primary N) is 1. The number of halogens is 2. The first-order valence-corrected chi connectivity index (χ1v) is 7.84. The highest BCUT2D eigenvalue weighted by Gasteiger charge is 2.10. The maximum absolute atomic E-state index is 11.3. The van der Waals surface area contributed by atoms with E-state index in [1.807, 2.05) is 12.1 Å². The summed E-state index contributed by atoms with van der Waals surface area (Å²) in [5.74, 6) is 5.50. The van der Waals surface area contributed by atoms with Crippen LogP contribution in [0.3, 0.4) is 0 Å². The van der Waals surface area contributed by atoms with Crippen molar-refractivity contribution in [3.63, 3.8) is 0 Å². The molecule has 0 aliphatic heterocycles. The molecule has 3 N–H and O–H groups in total. The summed E-state index contributed by atoms with van der Waals surface area (Å²) in [5.41, 5.74) is 2.11. The summed E-state index contributed by atoms with van der Waals surface area (Å²) in [6, 6.07) is 9.06. The average Bonchev–Trinajstić information content (AvgIpc) is 2.86. The first kappa shape index (κ1) is 14.7. The second-order valence-corrected chi connectivity index (χ2v) is 6.55. The van der Waals surface area contributed by atoms with Gasteiger partial charge < -0.3 is 0 Å². The SMILES string of the molecule is NNC(=O)c1ccc(CSc2c(Cl)cccc2Cl)s1. The Bertz CT molecular complexity index is 581. The van der Waals surface area contributed by atoms with E-state index in [2.05, 4.69) is 5.43 Å². The zero-order chi connectivity index (χ0) is 13.8. The van der Waals surface area contributed by atoms with Crippen molar-refractivity contribution in [3.05, 3.63) is 50.1 Å². The second-order valence-electron chi connectivity index (χ2n) is 3.58. The standard InChI is InChI=1S/C12H10Cl2N2OS2/c13-8-2-1-3-9(14)11(8)18-6-7-4-5-10(19-7)12(17)16-15/h1-5H,6,15H2,(H,16,17). The minimum atomic E-state index is -0.281. The van der Waals surface area contributed by atoms with Crippen LogP contribution in [0.1, 0.15) is 14.5 Å². The highest BCUT2D eigenvalue weighted by Crippen LogP contribution is 2.36. The van der Waals surface area contributed by atoms with Gasteiger partial charge in [-0.15, -0.1) is 23.1 Å². The van der Waals surface area contributed by atoms with Crippen LogP contribution in [0, 0.1) is 0 Å². The van der Waals surface area contributed by atoms with Crippen LogP contribution in [0.5, 0.6) is 0 Å². The van der Waals surface area contributed by atoms with Crippen LogP contribution in [0.25, 0.3) is 0 Å². The minimum absolute atomic E-state index is 0.281. The number of benzene rings is 1. The Morgan fingerprint density at radius 1 is 1.26 bits per heavy atom. The van der Waals surface area contributed by atoms with Gasteiger partial charge in [-0.25, -0.2) is 5.84 Å². The Hall–Kier alpha value is -0.720. The lowest BCUT2D eigenvalue weighted by atomic mass is 10.4. The second kappa shape index (κ2) is 6.63. The summed E-state index contributed by atoms with van der Waals surface area (Å²) in [6.07, 6.45) is 0. The molecule has 0 unspecified atom stereocenters. The number of nitrogens with one attached hydrogen (secondary N) is 1. The van der Waals surface area contributed by atoms with E-state index in [0.29, 0.717) is 20.7 Å². The molecular formula is C12H10Cl2N2OS2. The monoisotopic (exact) mass is 332 g/mol. The number of hydrazine groups is 1. The summed E-state index contributed by atoms with van der Waals surface area (Å²) >= 11 is 15.1. The maximum Gasteiger partial charge on any atom is 0.275 e. The van der Waals surface area contributed by atoms with E-state index in [1.165, 1.54) is 11.3 Å². The van der Waals surface area contributed by atoms with Crippen LogP contribution in [-0.2, 0) is 5.75 Å². The maximum atomic E-state index is 11.3. The van der Waals surface area contributed by atoms with Crippen LogP contribution in [0.15, 0.2) is 35.2 Å². The fraction of sp³-hybridized carbons (Fsp3) is 0.0833. The van der Waals surface area contributed by atoms with Gasteiger partial charge >= 0.3 is 0 Å². The highest BCUT2D eigenvalue weighted by molar-refractivity contribution is 7.98. The van der Waals surface area contributed by atoms with Gasteiger partial charge in [0.15, 0.2) is 0 Å². The predicted octanol–water partition coefficient (Wildman–Crippen LogP) is 3.95. The fourth-order valence-electron chi connectivity index (χ4n) is 1.41. The highest BCUT2D eigenvalue weighted by atomic mass is 35.5. The number of thiophene rings is 1. The molecule has 0 spiro atoms. The molecule has 19 heavy (non-hydrogen) atoms. The lowest BCUT2D eigenvalue weighted by molar-refractivity contribution is 0.0957. The van der Waals surface area contributed by atoms with Gasteiger partial charge in [0.05, 0.1) is 14.9 Å². The number of nitrogen functional groups attached to an aromatic ring is 1. The van der Waals surface area contributed by atoms with Crippen molar-refractivity contribution in [3.8, 4) is 0 Å². The van der Waals surface area contributed by atoms with E-state index in [0.717, 1.165) is 9.77 Å². The van der Waals surface area contributed by atoms with E-state index < -0.39 is 0 Å². The van der Waals surface area contributed by atoms with Gasteiger partial charge in [-0.05, 0) is 24.3 Å². The number of carbonyl (C=O) groups excluding carboxylic acids is 1. The number of amides is 1. The number of hydrogen-bond acceptors (Lipinski definition) is 4. The molecule has 0 bridgehead atoms. The van der Waals surface area contributed by atoms with Crippen LogP contribution in [-0.4, -0.2) is 5.91 Å². The van der Waals surface area contributed by atoms with Gasteiger partial charge in [0.1, 0.15) is 0 Å². The van der Waals surface area contributed by atoms with Crippen molar-refractivity contribution in [1.29, 1.82) is 0 Å². The largest absolute Gasteiger partial charge is 0.289 e. The lowest BCUT2D eigenvalue weighted by Gasteiger charge is -2.05. The average molecular weight is 333 g/mol. The number of thioether (sulfide) groups is 1. The third kappa shape index (κ3) is 3.64. The molecule has 1 aromatic carbocycles. The van der Waals surface area contributed by atoms with E-state index >= 15 is 0 Å². The molecule has 0 radical (unpaired) electrons. The Balaban J connectivity index is 2.07. The smallest absolute Gasteiger partial charge is 0.275 e. The molecule has 2 rings (SSSR count). The first-order chi connectivity index (χ1) is 9.11. The van der Waals surface area contributed by atoms with Crippen molar-refractivity contribution in [2.75, 3.05) is 0 Å². The molecule has 0 saturated heterocycles. The summed E-state index contributed by atoms with van der Waals surface area (Å²) in [7, 11) is 0. The molecule has 1 heterocycles. The van der Waals surface area contributed by atoms with Crippen molar-refractivity contribution < 1.29 is 4.79 Å². The molecule has 0 aliphatic carbocycles. The van der Waals surface area contributed by atoms with Crippen LogP contribution in [0.4, 0.5) is 0 Å². The van der Waals surface area contributed by atoms with Gasteiger partial charge in [-0.2, -0.15) is 0 Å². The summed E-state index contributed by atoms with van der Waals surface area (Å²) in [4.78, 5) is 13.8. The topological polar surface area (TPSA) is 55.1 Å². The Labute approximate surface area is 129 Å². The third-order valence-electron chi connectivity index (χ3n) is 2.29. The van der Waals surface area contributed by atoms with E-state index in [9.17, 15) is 4.79 Å². The summed E-state index contributed by atoms with van der Waals surface area (Å²) < 4.78 is 0. The third-order valence-corrected chi connectivity index (χ3v) is 5.60. The molecule has 0 aliphatic rings. The van der Waals surface area contributed by atoms with Crippen molar-refractivity contribution >= 4 is 52.2 Å². The molecule has 1 amide bonds. The van der Waals surface area contributed by atoms with Gasteiger partial charge in [-0.3, -0.25) is 10.2 Å².